The Labute approximate surface area is 299 Å². The summed E-state index contributed by atoms with van der Waals surface area (Å²) in [5.74, 6) is 2.02. The SMILES string of the molecule is c1ccc(-c2nc(-c3ccc(-c4ccc(-c5c6ccccc6cc6c5ccc5ccccc56)cc4)cc3)nc(-c3cc4ccccc4s3)n2)cc1. The van der Waals surface area contributed by atoms with Crippen molar-refractivity contribution in [3.8, 4) is 55.7 Å². The minimum atomic E-state index is 0.661. The van der Waals surface area contributed by atoms with Gasteiger partial charge in [0.25, 0.3) is 0 Å². The van der Waals surface area contributed by atoms with Crippen LogP contribution >= 0.6 is 11.3 Å². The van der Waals surface area contributed by atoms with E-state index < -0.39 is 0 Å². The summed E-state index contributed by atoms with van der Waals surface area (Å²) in [6, 6.07) is 62.5. The molecule has 0 radical (unpaired) electrons. The largest absolute Gasteiger partial charge is 0.208 e. The number of benzene rings is 8. The van der Waals surface area contributed by atoms with Crippen molar-refractivity contribution in [2.24, 2.45) is 0 Å². The molecule has 0 atom stereocenters. The fourth-order valence-electron chi connectivity index (χ4n) is 7.20. The van der Waals surface area contributed by atoms with Crippen LogP contribution in [0.3, 0.4) is 0 Å². The third-order valence-electron chi connectivity index (χ3n) is 9.73. The number of fused-ring (bicyclic) bond motifs is 5. The van der Waals surface area contributed by atoms with Crippen molar-refractivity contribution in [1.29, 1.82) is 0 Å². The first kappa shape index (κ1) is 29.4. The first-order chi connectivity index (χ1) is 25.2. The molecule has 2 heterocycles. The summed E-state index contributed by atoms with van der Waals surface area (Å²) in [5, 5.41) is 8.80. The molecule has 3 nitrogen and oxygen atoms in total. The summed E-state index contributed by atoms with van der Waals surface area (Å²) in [7, 11) is 0. The van der Waals surface area contributed by atoms with E-state index in [0.29, 0.717) is 17.5 Å². The van der Waals surface area contributed by atoms with E-state index in [2.05, 4.69) is 146 Å². The molecule has 0 saturated heterocycles. The summed E-state index contributed by atoms with van der Waals surface area (Å²) < 4.78 is 1.22. The maximum absolute atomic E-state index is 5.00. The van der Waals surface area contributed by atoms with Crippen LogP contribution in [0.1, 0.15) is 0 Å². The normalized spacial score (nSPS) is 11.5. The van der Waals surface area contributed by atoms with Crippen molar-refractivity contribution in [3.63, 3.8) is 0 Å². The van der Waals surface area contributed by atoms with Crippen LogP contribution in [0.15, 0.2) is 176 Å². The number of rotatable bonds is 5. The predicted molar refractivity (Wildman–Crippen MR) is 215 cm³/mol. The molecule has 0 fully saturated rings. The van der Waals surface area contributed by atoms with Gasteiger partial charge in [-0.2, -0.15) is 0 Å². The average Bonchev–Trinajstić information content (AvgIpc) is 3.65. The summed E-state index contributed by atoms with van der Waals surface area (Å²) >= 11 is 1.71. The second kappa shape index (κ2) is 12.1. The number of hydrogen-bond acceptors (Lipinski definition) is 4. The van der Waals surface area contributed by atoms with Crippen LogP contribution in [0.2, 0.25) is 0 Å². The zero-order chi connectivity index (χ0) is 33.7. The summed E-state index contributed by atoms with van der Waals surface area (Å²) in [6.07, 6.45) is 0. The lowest BCUT2D eigenvalue weighted by Crippen LogP contribution is -1.99. The van der Waals surface area contributed by atoms with Crippen LogP contribution in [0, 0.1) is 0 Å². The van der Waals surface area contributed by atoms with E-state index >= 15 is 0 Å². The molecule has 10 aromatic rings. The number of nitrogens with zero attached hydrogens (tertiary/aromatic N) is 3. The van der Waals surface area contributed by atoms with Crippen molar-refractivity contribution in [2.45, 2.75) is 0 Å². The topological polar surface area (TPSA) is 38.7 Å². The van der Waals surface area contributed by atoms with Gasteiger partial charge in [-0.15, -0.1) is 11.3 Å². The molecule has 0 spiro atoms. The Morgan fingerprint density at radius 1 is 0.314 bits per heavy atom. The maximum atomic E-state index is 5.00. The van der Waals surface area contributed by atoms with Crippen LogP contribution in [-0.2, 0) is 0 Å². The van der Waals surface area contributed by atoms with E-state index in [0.717, 1.165) is 27.1 Å². The van der Waals surface area contributed by atoms with E-state index in [1.807, 2.05) is 30.3 Å². The minimum Gasteiger partial charge on any atom is -0.208 e. The van der Waals surface area contributed by atoms with E-state index in [1.54, 1.807) is 11.3 Å². The standard InChI is InChI=1S/C47H29N3S/c1-2-11-34(12-3-1)45-48-46(50-47(49-45)43-29-37-14-6-9-17-42(37)51-43)35-24-20-31(21-25-35)30-18-22-33(23-19-30)44-39-16-8-5-13-36(39)28-41-38-15-7-4-10-32(38)26-27-40(41)44/h1-29H. The van der Waals surface area contributed by atoms with Crippen molar-refractivity contribution < 1.29 is 0 Å². The lowest BCUT2D eigenvalue weighted by atomic mass is 9.89. The quantitative estimate of drug-likeness (QED) is 0.135. The van der Waals surface area contributed by atoms with Crippen LogP contribution in [0.4, 0.5) is 0 Å². The van der Waals surface area contributed by atoms with Gasteiger partial charge in [0.15, 0.2) is 17.5 Å². The number of hydrogen-bond donors (Lipinski definition) is 0. The molecule has 0 aliphatic carbocycles. The predicted octanol–water partition coefficient (Wildman–Crippen LogP) is 12.9. The highest BCUT2D eigenvalue weighted by atomic mass is 32.1. The first-order valence-corrected chi connectivity index (χ1v) is 17.9. The van der Waals surface area contributed by atoms with Crippen LogP contribution in [0.5, 0.6) is 0 Å². The van der Waals surface area contributed by atoms with Gasteiger partial charge in [0, 0.05) is 15.8 Å². The Kier molecular flexibility index (Phi) is 7.00. The van der Waals surface area contributed by atoms with Gasteiger partial charge in [-0.3, -0.25) is 0 Å². The molecule has 238 valence electrons. The average molecular weight is 668 g/mol. The Balaban J connectivity index is 1.03. The fourth-order valence-corrected chi connectivity index (χ4v) is 8.19. The van der Waals surface area contributed by atoms with Crippen molar-refractivity contribution in [2.75, 3.05) is 0 Å². The fraction of sp³-hybridized carbons (Fsp3) is 0. The van der Waals surface area contributed by atoms with Gasteiger partial charge >= 0.3 is 0 Å². The highest BCUT2D eigenvalue weighted by molar-refractivity contribution is 7.22. The second-order valence-corrected chi connectivity index (χ2v) is 13.9. The molecule has 0 saturated carbocycles. The van der Waals surface area contributed by atoms with Gasteiger partial charge in [0.05, 0.1) is 4.88 Å². The lowest BCUT2D eigenvalue weighted by Gasteiger charge is -2.14. The Hall–Kier alpha value is -6.49. The van der Waals surface area contributed by atoms with Crippen molar-refractivity contribution in [3.05, 3.63) is 176 Å². The molecule has 0 aliphatic heterocycles. The number of aromatic nitrogens is 3. The Bertz CT molecular complexity index is 2860. The molecule has 8 aromatic carbocycles. The van der Waals surface area contributed by atoms with Gasteiger partial charge in [-0.1, -0.05) is 158 Å². The van der Waals surface area contributed by atoms with Gasteiger partial charge in [-0.25, -0.2) is 15.0 Å². The minimum absolute atomic E-state index is 0.661. The summed E-state index contributed by atoms with van der Waals surface area (Å²) in [6.45, 7) is 0. The van der Waals surface area contributed by atoms with Gasteiger partial charge < -0.3 is 0 Å². The molecule has 0 aliphatic rings. The molecular formula is C47H29N3S. The van der Waals surface area contributed by atoms with Crippen LogP contribution < -0.4 is 0 Å². The third-order valence-corrected chi connectivity index (χ3v) is 10.8. The molecule has 4 heteroatoms. The molecule has 0 N–H and O–H groups in total. The second-order valence-electron chi connectivity index (χ2n) is 12.8. The molecule has 0 unspecified atom stereocenters. The van der Waals surface area contributed by atoms with Crippen molar-refractivity contribution in [1.82, 2.24) is 15.0 Å². The smallest absolute Gasteiger partial charge is 0.174 e. The van der Waals surface area contributed by atoms with Crippen LogP contribution in [-0.4, -0.2) is 15.0 Å². The van der Waals surface area contributed by atoms with E-state index in [4.69, 9.17) is 15.0 Å². The van der Waals surface area contributed by atoms with Crippen molar-refractivity contribution >= 4 is 53.7 Å². The monoisotopic (exact) mass is 667 g/mol. The number of thiophene rings is 1. The van der Waals surface area contributed by atoms with Gasteiger partial charge in [-0.05, 0) is 78.2 Å². The molecule has 0 amide bonds. The molecule has 10 rings (SSSR count). The van der Waals surface area contributed by atoms with E-state index in [1.165, 1.54) is 53.5 Å². The Morgan fingerprint density at radius 3 is 1.59 bits per heavy atom. The van der Waals surface area contributed by atoms with Gasteiger partial charge in [0.1, 0.15) is 0 Å². The molecular weight excluding hydrogens is 639 g/mol. The van der Waals surface area contributed by atoms with E-state index in [-0.39, 0.29) is 0 Å². The summed E-state index contributed by atoms with van der Waals surface area (Å²) in [4.78, 5) is 15.9. The lowest BCUT2D eigenvalue weighted by molar-refractivity contribution is 1.08. The third kappa shape index (κ3) is 5.25. The highest BCUT2D eigenvalue weighted by Gasteiger charge is 2.16. The van der Waals surface area contributed by atoms with Gasteiger partial charge in [0.2, 0.25) is 0 Å². The van der Waals surface area contributed by atoms with Crippen LogP contribution in [0.25, 0.3) is 98.1 Å². The van der Waals surface area contributed by atoms with E-state index in [9.17, 15) is 0 Å². The maximum Gasteiger partial charge on any atom is 0.174 e. The zero-order valence-corrected chi connectivity index (χ0v) is 28.3. The zero-order valence-electron chi connectivity index (χ0n) is 27.5. The molecule has 0 bridgehead atoms. The molecule has 51 heavy (non-hydrogen) atoms. The Morgan fingerprint density at radius 2 is 0.863 bits per heavy atom. The molecule has 2 aromatic heterocycles. The first-order valence-electron chi connectivity index (χ1n) is 17.1. The highest BCUT2D eigenvalue weighted by Crippen LogP contribution is 2.40. The summed E-state index contributed by atoms with van der Waals surface area (Å²) in [5.41, 5.74) is 6.70.